The van der Waals surface area contributed by atoms with Crippen LogP contribution in [0.5, 0.6) is 0 Å². The highest BCUT2D eigenvalue weighted by Gasteiger charge is 2.24. The standard InChI is InChI=1S/C13H25N3O.ClH/c1-11-3-7-16(8-4-11)6-2-5-15-13(17)12-9-14-10-12;/h11-12,14H,2-10H2,1H3,(H,15,17);1H. The van der Waals surface area contributed by atoms with E-state index in [1.54, 1.807) is 0 Å². The Morgan fingerprint density at radius 3 is 2.56 bits per heavy atom. The van der Waals surface area contributed by atoms with Crippen LogP contribution in [0.4, 0.5) is 0 Å². The van der Waals surface area contributed by atoms with Crippen LogP contribution >= 0.6 is 12.4 Å². The normalized spacial score (nSPS) is 22.1. The Bertz CT molecular complexity index is 251. The predicted octanol–water partition coefficient (Wildman–Crippen LogP) is 0.866. The Hall–Kier alpha value is -0.320. The van der Waals surface area contributed by atoms with Crippen molar-refractivity contribution in [1.29, 1.82) is 0 Å². The first kappa shape index (κ1) is 15.7. The first-order valence-electron chi connectivity index (χ1n) is 6.96. The molecule has 2 heterocycles. The van der Waals surface area contributed by atoms with Gasteiger partial charge >= 0.3 is 0 Å². The van der Waals surface area contributed by atoms with Crippen molar-refractivity contribution >= 4 is 18.3 Å². The lowest BCUT2D eigenvalue weighted by molar-refractivity contribution is -0.126. The maximum Gasteiger partial charge on any atom is 0.225 e. The highest BCUT2D eigenvalue weighted by molar-refractivity contribution is 5.85. The smallest absolute Gasteiger partial charge is 0.225 e. The van der Waals surface area contributed by atoms with E-state index in [0.717, 1.165) is 38.5 Å². The van der Waals surface area contributed by atoms with Gasteiger partial charge in [-0.05, 0) is 44.8 Å². The lowest BCUT2D eigenvalue weighted by Crippen LogP contribution is -2.51. The molecule has 2 N–H and O–H groups in total. The number of carbonyl (C=O) groups excluding carboxylic acids is 1. The van der Waals surface area contributed by atoms with Crippen molar-refractivity contribution < 1.29 is 4.79 Å². The number of carbonyl (C=O) groups is 1. The molecule has 0 aliphatic carbocycles. The number of hydrogen-bond donors (Lipinski definition) is 2. The topological polar surface area (TPSA) is 44.4 Å². The Morgan fingerprint density at radius 1 is 1.33 bits per heavy atom. The van der Waals surface area contributed by atoms with E-state index in [2.05, 4.69) is 22.5 Å². The summed E-state index contributed by atoms with van der Waals surface area (Å²) in [7, 11) is 0. The lowest BCUT2D eigenvalue weighted by Gasteiger charge is -2.30. The van der Waals surface area contributed by atoms with Crippen LogP contribution in [0.3, 0.4) is 0 Å². The van der Waals surface area contributed by atoms with E-state index in [0.29, 0.717) is 0 Å². The van der Waals surface area contributed by atoms with Crippen molar-refractivity contribution in [3.05, 3.63) is 0 Å². The van der Waals surface area contributed by atoms with E-state index >= 15 is 0 Å². The number of piperidine rings is 1. The molecule has 0 unspecified atom stereocenters. The van der Waals surface area contributed by atoms with E-state index in [4.69, 9.17) is 0 Å². The molecule has 106 valence electrons. The monoisotopic (exact) mass is 275 g/mol. The van der Waals surface area contributed by atoms with Crippen LogP contribution in [0.25, 0.3) is 0 Å². The molecule has 1 amide bonds. The lowest BCUT2D eigenvalue weighted by atomic mass is 9.99. The molecule has 18 heavy (non-hydrogen) atoms. The fraction of sp³-hybridized carbons (Fsp3) is 0.923. The predicted molar refractivity (Wildman–Crippen MR) is 76.1 cm³/mol. The quantitative estimate of drug-likeness (QED) is 0.732. The number of hydrogen-bond acceptors (Lipinski definition) is 3. The van der Waals surface area contributed by atoms with Gasteiger partial charge in [0.25, 0.3) is 0 Å². The average Bonchev–Trinajstić information content (AvgIpc) is 2.24. The fourth-order valence-corrected chi connectivity index (χ4v) is 2.42. The van der Waals surface area contributed by atoms with Crippen LogP contribution in [0.1, 0.15) is 26.2 Å². The van der Waals surface area contributed by atoms with Crippen molar-refractivity contribution in [2.45, 2.75) is 26.2 Å². The zero-order chi connectivity index (χ0) is 12.1. The Morgan fingerprint density at radius 2 is 2.00 bits per heavy atom. The second kappa shape index (κ2) is 7.97. The van der Waals surface area contributed by atoms with Crippen molar-refractivity contribution in [2.75, 3.05) is 39.3 Å². The van der Waals surface area contributed by atoms with Gasteiger partial charge in [-0.3, -0.25) is 4.79 Å². The van der Waals surface area contributed by atoms with Gasteiger partial charge < -0.3 is 15.5 Å². The Labute approximate surface area is 116 Å². The number of rotatable bonds is 5. The second-order valence-electron chi connectivity index (χ2n) is 5.52. The number of nitrogens with one attached hydrogen (secondary N) is 2. The third-order valence-electron chi connectivity index (χ3n) is 3.98. The molecule has 0 atom stereocenters. The van der Waals surface area contributed by atoms with Gasteiger partial charge in [0.1, 0.15) is 0 Å². The molecule has 2 aliphatic heterocycles. The van der Waals surface area contributed by atoms with Crippen molar-refractivity contribution in [2.24, 2.45) is 11.8 Å². The van der Waals surface area contributed by atoms with E-state index in [1.807, 2.05) is 0 Å². The average molecular weight is 276 g/mol. The number of nitrogens with zero attached hydrogens (tertiary/aromatic N) is 1. The van der Waals surface area contributed by atoms with Crippen molar-refractivity contribution in [3.8, 4) is 0 Å². The summed E-state index contributed by atoms with van der Waals surface area (Å²) < 4.78 is 0. The van der Waals surface area contributed by atoms with Gasteiger partial charge in [0, 0.05) is 19.6 Å². The summed E-state index contributed by atoms with van der Waals surface area (Å²) in [5, 5.41) is 6.15. The molecule has 2 rings (SSSR count). The molecule has 0 aromatic rings. The van der Waals surface area contributed by atoms with E-state index in [-0.39, 0.29) is 24.2 Å². The first-order chi connectivity index (χ1) is 8.25. The molecular weight excluding hydrogens is 250 g/mol. The minimum atomic E-state index is 0. The molecule has 0 spiro atoms. The van der Waals surface area contributed by atoms with Crippen LogP contribution in [0.15, 0.2) is 0 Å². The van der Waals surface area contributed by atoms with Gasteiger partial charge in [0.2, 0.25) is 5.91 Å². The molecule has 0 radical (unpaired) electrons. The Balaban J connectivity index is 0.00000162. The summed E-state index contributed by atoms with van der Waals surface area (Å²) in [6, 6.07) is 0. The highest BCUT2D eigenvalue weighted by Crippen LogP contribution is 2.15. The molecule has 2 fully saturated rings. The third kappa shape index (κ3) is 4.75. The van der Waals surface area contributed by atoms with Crippen molar-refractivity contribution in [3.63, 3.8) is 0 Å². The molecule has 0 aromatic heterocycles. The van der Waals surface area contributed by atoms with Gasteiger partial charge in [0.05, 0.1) is 5.92 Å². The van der Waals surface area contributed by atoms with Gasteiger partial charge in [0.15, 0.2) is 0 Å². The summed E-state index contributed by atoms with van der Waals surface area (Å²) in [5.41, 5.74) is 0. The maximum absolute atomic E-state index is 11.6. The zero-order valence-electron chi connectivity index (χ0n) is 11.3. The summed E-state index contributed by atoms with van der Waals surface area (Å²) >= 11 is 0. The number of halogens is 1. The molecule has 2 aliphatic rings. The molecule has 0 saturated carbocycles. The van der Waals surface area contributed by atoms with Crippen LogP contribution < -0.4 is 10.6 Å². The number of amides is 1. The van der Waals surface area contributed by atoms with Gasteiger partial charge in [-0.2, -0.15) is 0 Å². The summed E-state index contributed by atoms with van der Waals surface area (Å²) in [4.78, 5) is 14.1. The van der Waals surface area contributed by atoms with Crippen molar-refractivity contribution in [1.82, 2.24) is 15.5 Å². The van der Waals surface area contributed by atoms with Gasteiger partial charge in [-0.25, -0.2) is 0 Å². The minimum Gasteiger partial charge on any atom is -0.356 e. The van der Waals surface area contributed by atoms with Crippen LogP contribution in [-0.4, -0.2) is 50.1 Å². The summed E-state index contributed by atoms with van der Waals surface area (Å²) in [6.45, 7) is 8.50. The van der Waals surface area contributed by atoms with E-state index in [1.165, 1.54) is 25.9 Å². The minimum absolute atomic E-state index is 0. The van der Waals surface area contributed by atoms with Crippen LogP contribution in [0, 0.1) is 11.8 Å². The first-order valence-corrected chi connectivity index (χ1v) is 6.96. The maximum atomic E-state index is 11.6. The largest absolute Gasteiger partial charge is 0.356 e. The molecule has 0 aromatic carbocycles. The van der Waals surface area contributed by atoms with E-state index < -0.39 is 0 Å². The van der Waals surface area contributed by atoms with Crippen LogP contribution in [-0.2, 0) is 4.79 Å². The molecular formula is C13H26ClN3O. The molecule has 2 saturated heterocycles. The fourth-order valence-electron chi connectivity index (χ4n) is 2.42. The summed E-state index contributed by atoms with van der Waals surface area (Å²) in [6.07, 6.45) is 3.75. The third-order valence-corrected chi connectivity index (χ3v) is 3.98. The summed E-state index contributed by atoms with van der Waals surface area (Å²) in [5.74, 6) is 1.36. The van der Waals surface area contributed by atoms with E-state index in [9.17, 15) is 4.79 Å². The molecule has 4 nitrogen and oxygen atoms in total. The Kier molecular flexibility index (Phi) is 6.97. The second-order valence-corrected chi connectivity index (χ2v) is 5.52. The van der Waals surface area contributed by atoms with Gasteiger partial charge in [-0.15, -0.1) is 12.4 Å². The van der Waals surface area contributed by atoms with Gasteiger partial charge in [-0.1, -0.05) is 6.92 Å². The molecule has 0 bridgehead atoms. The SMILES string of the molecule is CC1CCN(CCCNC(=O)C2CNC2)CC1.Cl. The molecule has 5 heteroatoms. The highest BCUT2D eigenvalue weighted by atomic mass is 35.5. The van der Waals surface area contributed by atoms with Crippen LogP contribution in [0.2, 0.25) is 0 Å². The number of likely N-dealkylation sites (tertiary alicyclic amines) is 1. The zero-order valence-corrected chi connectivity index (χ0v) is 12.1.